The van der Waals surface area contributed by atoms with E-state index in [0.29, 0.717) is 5.56 Å². The molecule has 0 bridgehead atoms. The molecule has 0 saturated heterocycles. The molecule has 0 amide bonds. The van der Waals surface area contributed by atoms with Crippen molar-refractivity contribution < 1.29 is 4.79 Å². The number of nitrogens with zero attached hydrogens (tertiary/aromatic N) is 1. The first kappa shape index (κ1) is 9.89. The number of rotatable bonds is 3. The summed E-state index contributed by atoms with van der Waals surface area (Å²) in [4.78, 5) is 36.0. The first-order chi connectivity index (χ1) is 7.08. The topological polar surface area (TPSA) is 71.9 Å². The molecule has 1 aromatic rings. The maximum Gasteiger partial charge on any atom is 0.328 e. The molecule has 1 fully saturated rings. The first-order valence-electron chi connectivity index (χ1n) is 4.91. The summed E-state index contributed by atoms with van der Waals surface area (Å²) in [5.41, 5.74) is -0.465. The van der Waals surface area contributed by atoms with Crippen molar-refractivity contribution in [3.63, 3.8) is 0 Å². The van der Waals surface area contributed by atoms with Gasteiger partial charge in [-0.05, 0) is 19.8 Å². The lowest BCUT2D eigenvalue weighted by Gasteiger charge is -2.03. The quantitative estimate of drug-likeness (QED) is 0.749. The third-order valence-electron chi connectivity index (χ3n) is 2.55. The predicted octanol–water partition coefficient (Wildman–Crippen LogP) is -0.176. The lowest BCUT2D eigenvalue weighted by Crippen LogP contribution is -2.33. The second kappa shape index (κ2) is 3.49. The van der Waals surface area contributed by atoms with Crippen LogP contribution in [0.4, 0.5) is 0 Å². The largest absolute Gasteiger partial charge is 0.328 e. The fourth-order valence-electron chi connectivity index (χ4n) is 1.44. The van der Waals surface area contributed by atoms with Gasteiger partial charge in [-0.3, -0.25) is 19.1 Å². The normalized spacial score (nSPS) is 15.3. The van der Waals surface area contributed by atoms with Crippen LogP contribution in [0.15, 0.2) is 15.8 Å². The van der Waals surface area contributed by atoms with E-state index in [1.807, 2.05) is 0 Å². The number of carbonyl (C=O) groups excluding carboxylic acids is 1. The van der Waals surface area contributed by atoms with Gasteiger partial charge in [-0.1, -0.05) is 0 Å². The van der Waals surface area contributed by atoms with Crippen LogP contribution in [0.1, 0.15) is 18.4 Å². The maximum atomic E-state index is 11.5. The highest BCUT2D eigenvalue weighted by molar-refractivity contribution is 5.82. The molecule has 5 heteroatoms. The van der Waals surface area contributed by atoms with Crippen molar-refractivity contribution in [2.24, 2.45) is 5.92 Å². The molecule has 5 nitrogen and oxygen atoms in total. The molecule has 0 atom stereocenters. The van der Waals surface area contributed by atoms with Crippen LogP contribution in [0, 0.1) is 12.8 Å². The number of nitrogens with one attached hydrogen (secondary N) is 1. The van der Waals surface area contributed by atoms with E-state index in [-0.39, 0.29) is 18.2 Å². The second-order valence-electron chi connectivity index (χ2n) is 3.94. The summed E-state index contributed by atoms with van der Waals surface area (Å²) in [7, 11) is 0. The standard InChI is InChI=1S/C10H12N2O3/c1-6-4-12(10(15)11-9(6)14)5-8(13)7-2-3-7/h4,7H,2-3,5H2,1H3,(H,11,14,15). The highest BCUT2D eigenvalue weighted by Crippen LogP contribution is 2.29. The fourth-order valence-corrected chi connectivity index (χ4v) is 1.44. The Morgan fingerprint density at radius 2 is 2.20 bits per heavy atom. The van der Waals surface area contributed by atoms with Crippen molar-refractivity contribution in [2.45, 2.75) is 26.3 Å². The van der Waals surface area contributed by atoms with E-state index >= 15 is 0 Å². The Morgan fingerprint density at radius 1 is 1.53 bits per heavy atom. The molecule has 1 N–H and O–H groups in total. The summed E-state index contributed by atoms with van der Waals surface area (Å²) in [5, 5.41) is 0. The molecule has 0 unspecified atom stereocenters. The Morgan fingerprint density at radius 3 is 2.80 bits per heavy atom. The summed E-state index contributed by atoms with van der Waals surface area (Å²) in [6.07, 6.45) is 3.29. The SMILES string of the molecule is Cc1cn(CC(=O)C2CC2)c(=O)[nH]c1=O. The van der Waals surface area contributed by atoms with Crippen LogP contribution in [-0.2, 0) is 11.3 Å². The van der Waals surface area contributed by atoms with Crippen LogP contribution in [0.5, 0.6) is 0 Å². The number of aromatic nitrogens is 2. The zero-order chi connectivity index (χ0) is 11.0. The number of hydrogen-bond donors (Lipinski definition) is 1. The second-order valence-corrected chi connectivity index (χ2v) is 3.94. The molecule has 0 aliphatic heterocycles. The maximum absolute atomic E-state index is 11.5. The van der Waals surface area contributed by atoms with E-state index in [1.165, 1.54) is 10.8 Å². The highest BCUT2D eigenvalue weighted by Gasteiger charge is 2.29. The first-order valence-corrected chi connectivity index (χ1v) is 4.91. The third kappa shape index (κ3) is 2.06. The Hall–Kier alpha value is -1.65. The average Bonchev–Trinajstić information content (AvgIpc) is 2.97. The number of Topliss-reactive ketones (excluding diaryl/α,β-unsaturated/α-hetero) is 1. The van der Waals surface area contributed by atoms with Gasteiger partial charge in [0.2, 0.25) is 0 Å². The minimum atomic E-state index is -0.514. The summed E-state index contributed by atoms with van der Waals surface area (Å²) >= 11 is 0. The Bertz CT molecular complexity index is 508. The van der Waals surface area contributed by atoms with Crippen LogP contribution in [0.2, 0.25) is 0 Å². The van der Waals surface area contributed by atoms with Crippen molar-refractivity contribution in [1.82, 2.24) is 9.55 Å². The van der Waals surface area contributed by atoms with Gasteiger partial charge in [0.05, 0.1) is 6.54 Å². The van der Waals surface area contributed by atoms with Crippen LogP contribution in [-0.4, -0.2) is 15.3 Å². The molecule has 1 aliphatic rings. The number of aryl methyl sites for hydroxylation is 1. The molecule has 0 aromatic carbocycles. The molecular weight excluding hydrogens is 196 g/mol. The van der Waals surface area contributed by atoms with Gasteiger partial charge in [0, 0.05) is 17.7 Å². The molecule has 1 saturated carbocycles. The molecule has 15 heavy (non-hydrogen) atoms. The van der Waals surface area contributed by atoms with Crippen LogP contribution in [0.3, 0.4) is 0 Å². The van der Waals surface area contributed by atoms with Crippen molar-refractivity contribution in [1.29, 1.82) is 0 Å². The van der Waals surface area contributed by atoms with E-state index in [2.05, 4.69) is 4.98 Å². The van der Waals surface area contributed by atoms with Gasteiger partial charge in [0.15, 0.2) is 5.78 Å². The molecule has 1 aliphatic carbocycles. The fraction of sp³-hybridized carbons (Fsp3) is 0.500. The van der Waals surface area contributed by atoms with Gasteiger partial charge in [0.1, 0.15) is 0 Å². The zero-order valence-electron chi connectivity index (χ0n) is 8.45. The minimum Gasteiger partial charge on any atom is -0.297 e. The van der Waals surface area contributed by atoms with Gasteiger partial charge in [-0.15, -0.1) is 0 Å². The predicted molar refractivity (Wildman–Crippen MR) is 53.8 cm³/mol. The molecule has 0 spiro atoms. The van der Waals surface area contributed by atoms with Gasteiger partial charge >= 0.3 is 5.69 Å². The van der Waals surface area contributed by atoms with Crippen molar-refractivity contribution >= 4 is 5.78 Å². The number of hydrogen-bond acceptors (Lipinski definition) is 3. The number of ketones is 1. The highest BCUT2D eigenvalue weighted by atomic mass is 16.2. The number of H-pyrrole nitrogens is 1. The zero-order valence-corrected chi connectivity index (χ0v) is 8.45. The van der Waals surface area contributed by atoms with Gasteiger partial charge < -0.3 is 0 Å². The lowest BCUT2D eigenvalue weighted by molar-refractivity contribution is -0.120. The molecule has 0 radical (unpaired) electrons. The summed E-state index contributed by atoms with van der Waals surface area (Å²) in [6.45, 7) is 1.68. The van der Waals surface area contributed by atoms with Crippen LogP contribution in [0.25, 0.3) is 0 Å². The van der Waals surface area contributed by atoms with Crippen LogP contribution >= 0.6 is 0 Å². The van der Waals surface area contributed by atoms with E-state index in [1.54, 1.807) is 6.92 Å². The van der Waals surface area contributed by atoms with Gasteiger partial charge in [-0.2, -0.15) is 0 Å². The number of aromatic amines is 1. The van der Waals surface area contributed by atoms with Crippen molar-refractivity contribution in [2.75, 3.05) is 0 Å². The number of carbonyl (C=O) groups is 1. The van der Waals surface area contributed by atoms with Gasteiger partial charge in [-0.25, -0.2) is 4.79 Å². The minimum absolute atomic E-state index is 0.0706. The van der Waals surface area contributed by atoms with E-state index in [4.69, 9.17) is 0 Å². The van der Waals surface area contributed by atoms with Crippen molar-refractivity contribution in [3.05, 3.63) is 32.6 Å². The summed E-state index contributed by atoms with van der Waals surface area (Å²) in [5.74, 6) is 0.202. The Kier molecular flexibility index (Phi) is 2.30. The van der Waals surface area contributed by atoms with Crippen LogP contribution < -0.4 is 11.2 Å². The van der Waals surface area contributed by atoms with E-state index < -0.39 is 11.2 Å². The van der Waals surface area contributed by atoms with E-state index in [0.717, 1.165) is 12.8 Å². The van der Waals surface area contributed by atoms with Crippen molar-refractivity contribution in [3.8, 4) is 0 Å². The Balaban J connectivity index is 2.28. The smallest absolute Gasteiger partial charge is 0.297 e. The van der Waals surface area contributed by atoms with Gasteiger partial charge in [0.25, 0.3) is 5.56 Å². The molecular formula is C10H12N2O3. The molecule has 2 rings (SSSR count). The van der Waals surface area contributed by atoms with E-state index in [9.17, 15) is 14.4 Å². The third-order valence-corrected chi connectivity index (χ3v) is 2.55. The molecule has 1 heterocycles. The summed E-state index contributed by atoms with van der Waals surface area (Å²) < 4.78 is 1.26. The molecule has 80 valence electrons. The summed E-state index contributed by atoms with van der Waals surface area (Å²) in [6, 6.07) is 0. The lowest BCUT2D eigenvalue weighted by atomic mass is 10.2. The average molecular weight is 208 g/mol. The molecule has 1 aromatic heterocycles. The Labute approximate surface area is 85.7 Å². The monoisotopic (exact) mass is 208 g/mol.